The van der Waals surface area contributed by atoms with Crippen molar-refractivity contribution in [3.8, 4) is 0 Å². The Labute approximate surface area is 128 Å². The highest BCUT2D eigenvalue weighted by Gasteiger charge is 2.24. The second kappa shape index (κ2) is 6.50. The number of benzene rings is 1. The zero-order valence-corrected chi connectivity index (χ0v) is 13.8. The van der Waals surface area contributed by atoms with Crippen molar-refractivity contribution in [2.24, 2.45) is 5.41 Å². The predicted octanol–water partition coefficient (Wildman–Crippen LogP) is 4.72. The normalized spacial score (nSPS) is 21.4. The maximum absolute atomic E-state index is 11.2. The predicted molar refractivity (Wildman–Crippen MR) is 89.8 cm³/mol. The first kappa shape index (κ1) is 15.9. The zero-order valence-electron chi connectivity index (χ0n) is 13.8. The molecule has 116 valence electrons. The highest BCUT2D eigenvalue weighted by molar-refractivity contribution is 5.89. The van der Waals surface area contributed by atoms with Gasteiger partial charge in [0.1, 0.15) is 0 Å². The quantitative estimate of drug-likeness (QED) is 0.790. The van der Waals surface area contributed by atoms with Crippen molar-refractivity contribution in [1.29, 1.82) is 0 Å². The topological polar surface area (TPSA) is 41.1 Å². The van der Waals surface area contributed by atoms with Gasteiger partial charge in [0.15, 0.2) is 0 Å². The summed E-state index contributed by atoms with van der Waals surface area (Å²) in [4.78, 5) is 11.2. The van der Waals surface area contributed by atoms with Gasteiger partial charge in [0, 0.05) is 24.3 Å². The second-order valence-electron chi connectivity index (χ2n) is 7.15. The van der Waals surface area contributed by atoms with Crippen LogP contribution in [0.15, 0.2) is 18.2 Å². The summed E-state index contributed by atoms with van der Waals surface area (Å²) < 4.78 is 0. The molecule has 2 rings (SSSR count). The first-order valence-corrected chi connectivity index (χ1v) is 8.00. The fraction of sp³-hybridized carbons (Fsp3) is 0.611. The number of hydrogen-bond donors (Lipinski definition) is 2. The van der Waals surface area contributed by atoms with Crippen LogP contribution in [-0.4, -0.2) is 11.9 Å². The van der Waals surface area contributed by atoms with Crippen LogP contribution in [0.25, 0.3) is 0 Å². The van der Waals surface area contributed by atoms with E-state index >= 15 is 0 Å². The molecule has 2 N–H and O–H groups in total. The fourth-order valence-corrected chi connectivity index (χ4v) is 3.08. The zero-order chi connectivity index (χ0) is 15.5. The van der Waals surface area contributed by atoms with Crippen LogP contribution in [0, 0.1) is 12.3 Å². The van der Waals surface area contributed by atoms with Crippen LogP contribution in [-0.2, 0) is 4.79 Å². The summed E-state index contributed by atoms with van der Waals surface area (Å²) in [5.74, 6) is -0.0268. The van der Waals surface area contributed by atoms with Crippen molar-refractivity contribution in [3.05, 3.63) is 23.8 Å². The molecular formula is C18H28N2O. The average Bonchev–Trinajstić information content (AvgIpc) is 2.54. The molecule has 0 radical (unpaired) electrons. The summed E-state index contributed by atoms with van der Waals surface area (Å²) in [7, 11) is 0. The van der Waals surface area contributed by atoms with Gasteiger partial charge in [-0.3, -0.25) is 4.79 Å². The molecule has 0 aliphatic heterocycles. The lowest BCUT2D eigenvalue weighted by atomic mass is 9.85. The molecule has 21 heavy (non-hydrogen) atoms. The molecular weight excluding hydrogens is 260 g/mol. The van der Waals surface area contributed by atoms with Crippen molar-refractivity contribution in [1.82, 2.24) is 0 Å². The lowest BCUT2D eigenvalue weighted by molar-refractivity contribution is -0.114. The number of nitrogens with one attached hydrogen (secondary N) is 2. The molecule has 1 unspecified atom stereocenters. The van der Waals surface area contributed by atoms with Crippen LogP contribution in [0.3, 0.4) is 0 Å². The summed E-state index contributed by atoms with van der Waals surface area (Å²) in [6, 6.07) is 6.61. The van der Waals surface area contributed by atoms with Crippen molar-refractivity contribution in [2.45, 2.75) is 65.8 Å². The number of hydrogen-bond acceptors (Lipinski definition) is 2. The minimum absolute atomic E-state index is 0.0268. The van der Waals surface area contributed by atoms with Gasteiger partial charge in [0.25, 0.3) is 0 Å². The van der Waals surface area contributed by atoms with Crippen LogP contribution >= 0.6 is 0 Å². The Morgan fingerprint density at radius 2 is 2.00 bits per heavy atom. The summed E-state index contributed by atoms with van der Waals surface area (Å²) in [5, 5.41) is 6.55. The highest BCUT2D eigenvalue weighted by Crippen LogP contribution is 2.35. The van der Waals surface area contributed by atoms with Gasteiger partial charge in [-0.1, -0.05) is 26.3 Å². The number of carbonyl (C=O) groups is 1. The minimum atomic E-state index is -0.0268. The number of rotatable bonds is 3. The Balaban J connectivity index is 2.06. The van der Waals surface area contributed by atoms with E-state index in [1.807, 2.05) is 12.1 Å². The third-order valence-corrected chi connectivity index (χ3v) is 4.49. The standard InChI is InChI=1S/C18H28N2O/c1-13-7-8-16(19-14(2)21)12-17(13)20-15-6-5-10-18(3,4)11-9-15/h7-8,12,15,20H,5-6,9-11H2,1-4H3,(H,19,21). The van der Waals surface area contributed by atoms with Gasteiger partial charge < -0.3 is 10.6 Å². The van der Waals surface area contributed by atoms with Gasteiger partial charge in [0.05, 0.1) is 0 Å². The van der Waals surface area contributed by atoms with E-state index in [9.17, 15) is 4.79 Å². The molecule has 0 bridgehead atoms. The fourth-order valence-electron chi connectivity index (χ4n) is 3.08. The molecule has 0 aromatic heterocycles. The molecule has 1 aliphatic rings. The van der Waals surface area contributed by atoms with E-state index in [-0.39, 0.29) is 5.91 Å². The smallest absolute Gasteiger partial charge is 0.221 e. The van der Waals surface area contributed by atoms with Crippen LogP contribution in [0.4, 0.5) is 11.4 Å². The Morgan fingerprint density at radius 1 is 1.24 bits per heavy atom. The molecule has 1 aromatic rings. The van der Waals surface area contributed by atoms with E-state index < -0.39 is 0 Å². The van der Waals surface area contributed by atoms with E-state index in [0.717, 1.165) is 11.4 Å². The van der Waals surface area contributed by atoms with Crippen molar-refractivity contribution >= 4 is 17.3 Å². The van der Waals surface area contributed by atoms with E-state index in [0.29, 0.717) is 11.5 Å². The number of anilines is 2. The largest absolute Gasteiger partial charge is 0.382 e. The molecule has 3 heteroatoms. The Kier molecular flexibility index (Phi) is 4.92. The lowest BCUT2D eigenvalue weighted by Gasteiger charge is -2.23. The SMILES string of the molecule is CC(=O)Nc1ccc(C)c(NC2CCCC(C)(C)CC2)c1. The molecule has 1 saturated carbocycles. The Morgan fingerprint density at radius 3 is 2.71 bits per heavy atom. The van der Waals surface area contributed by atoms with Gasteiger partial charge >= 0.3 is 0 Å². The Hall–Kier alpha value is -1.51. The van der Waals surface area contributed by atoms with Crippen LogP contribution in [0.2, 0.25) is 0 Å². The van der Waals surface area contributed by atoms with Crippen molar-refractivity contribution in [2.75, 3.05) is 10.6 Å². The van der Waals surface area contributed by atoms with Gasteiger partial charge in [-0.2, -0.15) is 0 Å². The highest BCUT2D eigenvalue weighted by atomic mass is 16.1. The number of amides is 1. The van der Waals surface area contributed by atoms with Crippen molar-refractivity contribution < 1.29 is 4.79 Å². The van der Waals surface area contributed by atoms with E-state index in [1.165, 1.54) is 37.7 Å². The van der Waals surface area contributed by atoms with Gasteiger partial charge in [0.2, 0.25) is 5.91 Å². The maximum atomic E-state index is 11.2. The van der Waals surface area contributed by atoms with E-state index in [1.54, 1.807) is 6.92 Å². The van der Waals surface area contributed by atoms with Crippen LogP contribution < -0.4 is 10.6 Å². The molecule has 1 aliphatic carbocycles. The summed E-state index contributed by atoms with van der Waals surface area (Å²) >= 11 is 0. The molecule has 1 fully saturated rings. The maximum Gasteiger partial charge on any atom is 0.221 e. The second-order valence-corrected chi connectivity index (χ2v) is 7.15. The van der Waals surface area contributed by atoms with Gasteiger partial charge in [-0.05, 0) is 55.7 Å². The summed E-state index contributed by atoms with van der Waals surface area (Å²) in [6.07, 6.45) is 6.32. The molecule has 1 aromatic carbocycles. The monoisotopic (exact) mass is 288 g/mol. The summed E-state index contributed by atoms with van der Waals surface area (Å²) in [6.45, 7) is 8.40. The Bertz CT molecular complexity index is 508. The molecule has 1 atom stereocenters. The van der Waals surface area contributed by atoms with E-state index in [2.05, 4.69) is 37.5 Å². The number of aryl methyl sites for hydroxylation is 1. The van der Waals surface area contributed by atoms with Gasteiger partial charge in [-0.15, -0.1) is 0 Å². The van der Waals surface area contributed by atoms with Crippen molar-refractivity contribution in [3.63, 3.8) is 0 Å². The molecule has 3 nitrogen and oxygen atoms in total. The third kappa shape index (κ3) is 4.76. The summed E-state index contributed by atoms with van der Waals surface area (Å²) in [5.41, 5.74) is 3.71. The molecule has 0 spiro atoms. The average molecular weight is 288 g/mol. The lowest BCUT2D eigenvalue weighted by Crippen LogP contribution is -2.20. The van der Waals surface area contributed by atoms with E-state index in [4.69, 9.17) is 0 Å². The first-order valence-electron chi connectivity index (χ1n) is 8.00. The van der Waals surface area contributed by atoms with Crippen LogP contribution in [0.5, 0.6) is 0 Å². The number of carbonyl (C=O) groups excluding carboxylic acids is 1. The first-order chi connectivity index (χ1) is 9.85. The molecule has 0 heterocycles. The third-order valence-electron chi connectivity index (χ3n) is 4.49. The molecule has 0 saturated heterocycles. The van der Waals surface area contributed by atoms with Crippen LogP contribution in [0.1, 0.15) is 58.4 Å². The van der Waals surface area contributed by atoms with Gasteiger partial charge in [-0.25, -0.2) is 0 Å². The molecule has 1 amide bonds. The minimum Gasteiger partial charge on any atom is -0.382 e.